The Labute approximate surface area is 167 Å². The Kier molecular flexibility index (Phi) is 5.77. The molecule has 0 saturated carbocycles. The molecule has 1 aromatic heterocycles. The Bertz CT molecular complexity index is 1120. The Morgan fingerprint density at radius 3 is 2.34 bits per heavy atom. The monoisotopic (exact) mass is 395 g/mol. The highest BCUT2D eigenvalue weighted by molar-refractivity contribution is 6.01. The number of hydrogen-bond acceptors (Lipinski definition) is 4. The number of nitrogens with one attached hydrogen (secondary N) is 1. The molecule has 1 heterocycles. The van der Waals surface area contributed by atoms with Crippen LogP contribution >= 0.6 is 0 Å². The average Bonchev–Trinajstić information content (AvgIpc) is 2.97. The molecule has 0 atom stereocenters. The van der Waals surface area contributed by atoms with E-state index in [2.05, 4.69) is 10.1 Å². The molecule has 3 rings (SSSR count). The molecule has 0 aliphatic heterocycles. The van der Waals surface area contributed by atoms with Crippen LogP contribution in [-0.2, 0) is 16.0 Å². The van der Waals surface area contributed by atoms with Gasteiger partial charge in [-0.05, 0) is 68.3 Å². The molecule has 150 valence electrons. The van der Waals surface area contributed by atoms with E-state index in [-0.39, 0.29) is 12.0 Å². The van der Waals surface area contributed by atoms with E-state index in [1.165, 1.54) is 36.1 Å². The zero-order valence-electron chi connectivity index (χ0n) is 16.7. The van der Waals surface area contributed by atoms with Crippen LogP contribution < -0.4 is 5.56 Å². The third-order valence-electron chi connectivity index (χ3n) is 4.46. The van der Waals surface area contributed by atoms with Crippen molar-refractivity contribution in [2.75, 3.05) is 7.11 Å². The summed E-state index contributed by atoms with van der Waals surface area (Å²) in [5, 5.41) is 2.94. The van der Waals surface area contributed by atoms with Crippen molar-refractivity contribution in [1.82, 2.24) is 9.78 Å². The minimum absolute atomic E-state index is 0.116. The number of nitrogens with zero attached hydrogens (tertiary/aromatic N) is 2. The lowest BCUT2D eigenvalue weighted by atomic mass is 10.1. The lowest BCUT2D eigenvalue weighted by Gasteiger charge is -2.04. The molecule has 0 bridgehead atoms. The first-order valence-corrected chi connectivity index (χ1v) is 9.09. The maximum absolute atomic E-state index is 13.3. The summed E-state index contributed by atoms with van der Waals surface area (Å²) in [6.45, 7) is 5.67. The van der Waals surface area contributed by atoms with Crippen LogP contribution in [0.1, 0.15) is 29.3 Å². The second-order valence-corrected chi connectivity index (χ2v) is 6.88. The van der Waals surface area contributed by atoms with E-state index >= 15 is 0 Å². The molecule has 3 aromatic rings. The van der Waals surface area contributed by atoms with Crippen molar-refractivity contribution in [3.63, 3.8) is 0 Å². The number of esters is 1. The first-order chi connectivity index (χ1) is 13.8. The lowest BCUT2D eigenvalue weighted by Crippen LogP contribution is -2.20. The molecule has 6 nitrogen and oxygen atoms in total. The number of carbonyl (C=O) groups is 1. The van der Waals surface area contributed by atoms with Crippen molar-refractivity contribution in [2.24, 2.45) is 4.99 Å². The van der Waals surface area contributed by atoms with Crippen LogP contribution in [0.4, 0.5) is 10.1 Å². The summed E-state index contributed by atoms with van der Waals surface area (Å²) in [5.74, 6) is -0.895. The summed E-state index contributed by atoms with van der Waals surface area (Å²) >= 11 is 0. The second-order valence-electron chi connectivity index (χ2n) is 6.88. The maximum atomic E-state index is 13.3. The number of H-pyrrole nitrogens is 1. The predicted octanol–water partition coefficient (Wildman–Crippen LogP) is 3.78. The molecule has 2 aromatic carbocycles. The highest BCUT2D eigenvalue weighted by Crippen LogP contribution is 2.19. The van der Waals surface area contributed by atoms with E-state index in [0.717, 1.165) is 16.8 Å². The molecule has 0 unspecified atom stereocenters. The van der Waals surface area contributed by atoms with Gasteiger partial charge in [0, 0.05) is 0 Å². The van der Waals surface area contributed by atoms with Crippen LogP contribution in [0, 0.1) is 19.7 Å². The number of aliphatic imine (C=N–C) groups is 1. The van der Waals surface area contributed by atoms with Crippen molar-refractivity contribution in [1.29, 1.82) is 0 Å². The van der Waals surface area contributed by atoms with Gasteiger partial charge >= 0.3 is 5.97 Å². The lowest BCUT2D eigenvalue weighted by molar-refractivity contribution is -0.139. The summed E-state index contributed by atoms with van der Waals surface area (Å²) in [6.07, 6.45) is -0.116. The Hall–Kier alpha value is -3.48. The zero-order chi connectivity index (χ0) is 21.1. The van der Waals surface area contributed by atoms with E-state index in [1.807, 2.05) is 32.0 Å². The third kappa shape index (κ3) is 4.51. The Morgan fingerprint density at radius 2 is 1.76 bits per heavy atom. The van der Waals surface area contributed by atoms with Gasteiger partial charge in [0.15, 0.2) is 0 Å². The number of rotatable bonds is 5. The number of aromatic nitrogens is 2. The van der Waals surface area contributed by atoms with Crippen LogP contribution in [0.15, 0.2) is 52.3 Å². The zero-order valence-corrected chi connectivity index (χ0v) is 16.7. The van der Waals surface area contributed by atoms with Crippen molar-refractivity contribution in [3.8, 4) is 5.69 Å². The number of carbonyl (C=O) groups excluding carboxylic acids is 1. The molecule has 0 aliphatic rings. The quantitative estimate of drug-likeness (QED) is 0.528. The summed E-state index contributed by atoms with van der Waals surface area (Å²) in [4.78, 5) is 29.6. The van der Waals surface area contributed by atoms with Gasteiger partial charge < -0.3 is 4.74 Å². The van der Waals surface area contributed by atoms with Gasteiger partial charge in [-0.25, -0.2) is 9.07 Å². The SMILES string of the molecule is COC(=O)Cc1[nH]n(-c2ccc(F)cc2)c(=O)c1C(C)=Nc1cc(C)cc(C)c1. The van der Waals surface area contributed by atoms with Gasteiger partial charge in [0.2, 0.25) is 0 Å². The molecular weight excluding hydrogens is 373 g/mol. The minimum atomic E-state index is -0.488. The maximum Gasteiger partial charge on any atom is 0.311 e. The molecule has 0 spiro atoms. The fourth-order valence-corrected chi connectivity index (χ4v) is 3.24. The van der Waals surface area contributed by atoms with E-state index in [4.69, 9.17) is 4.74 Å². The average molecular weight is 395 g/mol. The smallest absolute Gasteiger partial charge is 0.311 e. The summed E-state index contributed by atoms with van der Waals surface area (Å²) in [5.41, 5.74) is 4.06. The standard InChI is InChI=1S/C22H22FN3O3/c1-13-9-14(2)11-17(10-13)24-15(3)21-19(12-20(27)29-4)25-26(22(21)28)18-7-5-16(23)6-8-18/h5-11,25H,12H2,1-4H3. The highest BCUT2D eigenvalue weighted by atomic mass is 19.1. The molecule has 0 aliphatic carbocycles. The summed E-state index contributed by atoms with van der Waals surface area (Å²) in [7, 11) is 1.29. The van der Waals surface area contributed by atoms with Crippen molar-refractivity contribution >= 4 is 17.4 Å². The highest BCUT2D eigenvalue weighted by Gasteiger charge is 2.20. The van der Waals surface area contributed by atoms with E-state index < -0.39 is 11.8 Å². The van der Waals surface area contributed by atoms with Crippen LogP contribution in [0.3, 0.4) is 0 Å². The fraction of sp³-hybridized carbons (Fsp3) is 0.227. The van der Waals surface area contributed by atoms with Gasteiger partial charge in [0.25, 0.3) is 5.56 Å². The van der Waals surface area contributed by atoms with Gasteiger partial charge in [-0.2, -0.15) is 0 Å². The number of aromatic amines is 1. The van der Waals surface area contributed by atoms with Gasteiger partial charge in [-0.3, -0.25) is 19.7 Å². The number of hydrogen-bond donors (Lipinski definition) is 1. The molecule has 0 radical (unpaired) electrons. The van der Waals surface area contributed by atoms with Crippen molar-refractivity contribution < 1.29 is 13.9 Å². The number of aryl methyl sites for hydroxylation is 2. The first kappa shape index (κ1) is 20.3. The molecule has 0 amide bonds. The molecule has 29 heavy (non-hydrogen) atoms. The Balaban J connectivity index is 2.14. The number of halogens is 1. The van der Waals surface area contributed by atoms with Gasteiger partial charge in [0.1, 0.15) is 5.82 Å². The topological polar surface area (TPSA) is 76.5 Å². The summed E-state index contributed by atoms with van der Waals surface area (Å²) < 4.78 is 19.3. The van der Waals surface area contributed by atoms with Gasteiger partial charge in [0.05, 0.1) is 41.9 Å². The summed E-state index contributed by atoms with van der Waals surface area (Å²) in [6, 6.07) is 11.4. The predicted molar refractivity (Wildman–Crippen MR) is 110 cm³/mol. The van der Waals surface area contributed by atoms with E-state index in [9.17, 15) is 14.0 Å². The number of ether oxygens (including phenoxy) is 1. The first-order valence-electron chi connectivity index (χ1n) is 9.09. The van der Waals surface area contributed by atoms with Crippen LogP contribution in [-0.4, -0.2) is 28.6 Å². The molecule has 0 fully saturated rings. The van der Waals surface area contributed by atoms with E-state index in [0.29, 0.717) is 22.7 Å². The van der Waals surface area contributed by atoms with E-state index in [1.54, 1.807) is 6.92 Å². The van der Waals surface area contributed by atoms with Crippen molar-refractivity contribution in [3.05, 3.63) is 81.0 Å². The largest absolute Gasteiger partial charge is 0.469 e. The van der Waals surface area contributed by atoms with Gasteiger partial charge in [-0.15, -0.1) is 0 Å². The molecule has 0 saturated heterocycles. The molecular formula is C22H22FN3O3. The number of methoxy groups -OCH3 is 1. The second kappa shape index (κ2) is 8.26. The normalized spacial score (nSPS) is 11.6. The number of benzene rings is 2. The van der Waals surface area contributed by atoms with Gasteiger partial charge in [-0.1, -0.05) is 6.07 Å². The fourth-order valence-electron chi connectivity index (χ4n) is 3.24. The van der Waals surface area contributed by atoms with Crippen LogP contribution in [0.2, 0.25) is 0 Å². The third-order valence-corrected chi connectivity index (χ3v) is 4.46. The van der Waals surface area contributed by atoms with Crippen LogP contribution in [0.5, 0.6) is 0 Å². The molecule has 1 N–H and O–H groups in total. The molecule has 7 heteroatoms. The van der Waals surface area contributed by atoms with Crippen LogP contribution in [0.25, 0.3) is 5.69 Å². The minimum Gasteiger partial charge on any atom is -0.469 e. The Morgan fingerprint density at radius 1 is 1.14 bits per heavy atom. The van der Waals surface area contributed by atoms with Crippen molar-refractivity contribution in [2.45, 2.75) is 27.2 Å².